The zero-order valence-electron chi connectivity index (χ0n) is 19.0. The van der Waals surface area contributed by atoms with Crippen LogP contribution in [0.25, 0.3) is 22.2 Å². The van der Waals surface area contributed by atoms with Gasteiger partial charge in [0.2, 0.25) is 0 Å². The van der Waals surface area contributed by atoms with E-state index in [1.165, 1.54) is 5.56 Å². The predicted octanol–water partition coefficient (Wildman–Crippen LogP) is 4.52. The Labute approximate surface area is 197 Å². The van der Waals surface area contributed by atoms with Crippen molar-refractivity contribution in [2.75, 3.05) is 26.3 Å². The lowest BCUT2D eigenvalue weighted by Gasteiger charge is -2.27. The molecule has 6 nitrogen and oxygen atoms in total. The highest BCUT2D eigenvalue weighted by molar-refractivity contribution is 7.09. The Kier molecular flexibility index (Phi) is 6.35. The van der Waals surface area contributed by atoms with Gasteiger partial charge in [-0.2, -0.15) is 0 Å². The summed E-state index contributed by atoms with van der Waals surface area (Å²) in [5.41, 5.74) is 4.09. The van der Waals surface area contributed by atoms with Gasteiger partial charge in [-0.25, -0.2) is 9.97 Å². The lowest BCUT2D eigenvalue weighted by atomic mass is 10.0. The van der Waals surface area contributed by atoms with Crippen LogP contribution in [0.3, 0.4) is 0 Å². The van der Waals surface area contributed by atoms with Crippen LogP contribution in [-0.4, -0.2) is 45.7 Å². The molecule has 0 N–H and O–H groups in total. The van der Waals surface area contributed by atoms with Crippen LogP contribution in [0.2, 0.25) is 0 Å². The molecule has 1 aliphatic rings. The summed E-state index contributed by atoms with van der Waals surface area (Å²) in [5.74, 6) is 1.28. The molecular formula is C26H28N4O2S. The molecule has 3 heterocycles. The number of nitrogens with zero attached hydrogens (tertiary/aromatic N) is 4. The summed E-state index contributed by atoms with van der Waals surface area (Å²) in [6, 6.07) is 16.2. The SMILES string of the molecule is CC(C)c1ccc(-c2csc(Cn3c(CN4CCOCC4)nc4ccccc4c3=O)n2)cc1. The maximum absolute atomic E-state index is 13.4. The van der Waals surface area contributed by atoms with Gasteiger partial charge in [-0.1, -0.05) is 50.2 Å². The lowest BCUT2D eigenvalue weighted by molar-refractivity contribution is 0.0325. The molecule has 2 aromatic heterocycles. The fraction of sp³-hybridized carbons (Fsp3) is 0.346. The molecule has 0 atom stereocenters. The quantitative estimate of drug-likeness (QED) is 0.423. The standard InChI is InChI=1S/C26H28N4O2S/c1-18(2)19-7-9-20(10-8-19)23-17-33-25(28-23)16-30-24(15-29-11-13-32-14-12-29)27-22-6-4-3-5-21(22)26(30)31/h3-10,17-18H,11-16H2,1-2H3. The van der Waals surface area contributed by atoms with Crippen molar-refractivity contribution in [1.29, 1.82) is 0 Å². The fourth-order valence-electron chi connectivity index (χ4n) is 4.15. The third-order valence-corrected chi connectivity index (χ3v) is 6.96. The van der Waals surface area contributed by atoms with Gasteiger partial charge < -0.3 is 4.74 Å². The van der Waals surface area contributed by atoms with Gasteiger partial charge in [0.25, 0.3) is 5.56 Å². The van der Waals surface area contributed by atoms with Crippen molar-refractivity contribution in [3.8, 4) is 11.3 Å². The molecule has 0 amide bonds. The van der Waals surface area contributed by atoms with Crippen molar-refractivity contribution in [3.05, 3.63) is 80.7 Å². The fourth-order valence-corrected chi connectivity index (χ4v) is 4.94. The molecule has 33 heavy (non-hydrogen) atoms. The maximum Gasteiger partial charge on any atom is 0.261 e. The van der Waals surface area contributed by atoms with E-state index in [1.54, 1.807) is 15.9 Å². The van der Waals surface area contributed by atoms with Crippen molar-refractivity contribution in [2.24, 2.45) is 0 Å². The minimum atomic E-state index is -0.0121. The van der Waals surface area contributed by atoms with Crippen LogP contribution >= 0.6 is 11.3 Å². The van der Waals surface area contributed by atoms with Crippen molar-refractivity contribution >= 4 is 22.2 Å². The van der Waals surface area contributed by atoms with Crippen molar-refractivity contribution < 1.29 is 4.74 Å². The Hall–Kier alpha value is -2.87. The molecule has 1 fully saturated rings. The summed E-state index contributed by atoms with van der Waals surface area (Å²) < 4.78 is 7.28. The van der Waals surface area contributed by atoms with E-state index < -0.39 is 0 Å². The number of aromatic nitrogens is 3. The molecule has 0 spiro atoms. The van der Waals surface area contributed by atoms with Gasteiger partial charge >= 0.3 is 0 Å². The Balaban J connectivity index is 1.47. The number of morpholine rings is 1. The predicted molar refractivity (Wildman–Crippen MR) is 133 cm³/mol. The molecule has 170 valence electrons. The third-order valence-electron chi connectivity index (χ3n) is 6.13. The smallest absolute Gasteiger partial charge is 0.261 e. The molecule has 1 saturated heterocycles. The van der Waals surface area contributed by atoms with E-state index >= 15 is 0 Å². The zero-order chi connectivity index (χ0) is 22.8. The highest BCUT2D eigenvalue weighted by atomic mass is 32.1. The number of benzene rings is 2. The number of hydrogen-bond donors (Lipinski definition) is 0. The number of para-hydroxylation sites is 1. The summed E-state index contributed by atoms with van der Waals surface area (Å²) in [7, 11) is 0. The minimum absolute atomic E-state index is 0.0121. The average molecular weight is 461 g/mol. The molecule has 0 bridgehead atoms. The number of hydrogen-bond acceptors (Lipinski definition) is 6. The second-order valence-electron chi connectivity index (χ2n) is 8.73. The van der Waals surface area contributed by atoms with Crippen LogP contribution in [0, 0.1) is 0 Å². The summed E-state index contributed by atoms with van der Waals surface area (Å²) in [5, 5.41) is 3.62. The molecule has 0 saturated carbocycles. The van der Waals surface area contributed by atoms with E-state index in [-0.39, 0.29) is 5.56 Å². The molecule has 2 aromatic carbocycles. The van der Waals surface area contributed by atoms with Crippen LogP contribution in [0.4, 0.5) is 0 Å². The second-order valence-corrected chi connectivity index (χ2v) is 9.67. The summed E-state index contributed by atoms with van der Waals surface area (Å²) in [4.78, 5) is 25.5. The molecular weight excluding hydrogens is 432 g/mol. The molecule has 4 aromatic rings. The summed E-state index contributed by atoms with van der Waals surface area (Å²) in [6.07, 6.45) is 0. The molecule has 0 aliphatic carbocycles. The van der Waals surface area contributed by atoms with E-state index in [2.05, 4.69) is 48.4 Å². The Bertz CT molecular complexity index is 1300. The highest BCUT2D eigenvalue weighted by Gasteiger charge is 2.18. The average Bonchev–Trinajstić information content (AvgIpc) is 3.31. The van der Waals surface area contributed by atoms with Gasteiger partial charge in [0, 0.05) is 24.0 Å². The Morgan fingerprint density at radius 1 is 1.00 bits per heavy atom. The number of fused-ring (bicyclic) bond motifs is 1. The molecule has 5 rings (SSSR count). The first kappa shape index (κ1) is 21.9. The largest absolute Gasteiger partial charge is 0.379 e. The maximum atomic E-state index is 13.4. The summed E-state index contributed by atoms with van der Waals surface area (Å²) in [6.45, 7) is 8.54. The van der Waals surface area contributed by atoms with Crippen LogP contribution < -0.4 is 5.56 Å². The topological polar surface area (TPSA) is 60.2 Å². The van der Waals surface area contributed by atoms with Crippen LogP contribution in [-0.2, 0) is 17.8 Å². The molecule has 7 heteroatoms. The third kappa shape index (κ3) is 4.76. The Morgan fingerprint density at radius 3 is 2.52 bits per heavy atom. The molecule has 0 radical (unpaired) electrons. The van der Waals surface area contributed by atoms with Gasteiger partial charge in [0.05, 0.1) is 42.9 Å². The zero-order valence-corrected chi connectivity index (χ0v) is 19.8. The van der Waals surface area contributed by atoms with Gasteiger partial charge in [0.15, 0.2) is 0 Å². The van der Waals surface area contributed by atoms with E-state index in [0.717, 1.165) is 40.7 Å². The summed E-state index contributed by atoms with van der Waals surface area (Å²) >= 11 is 1.59. The van der Waals surface area contributed by atoms with Gasteiger partial charge in [-0.05, 0) is 23.6 Å². The minimum Gasteiger partial charge on any atom is -0.379 e. The van der Waals surface area contributed by atoms with Gasteiger partial charge in [0.1, 0.15) is 10.8 Å². The van der Waals surface area contributed by atoms with E-state index in [1.807, 2.05) is 24.3 Å². The number of thiazole rings is 1. The van der Waals surface area contributed by atoms with E-state index in [9.17, 15) is 4.79 Å². The number of ether oxygens (including phenoxy) is 1. The van der Waals surface area contributed by atoms with Crippen molar-refractivity contribution in [1.82, 2.24) is 19.4 Å². The van der Waals surface area contributed by atoms with Crippen molar-refractivity contribution in [2.45, 2.75) is 32.9 Å². The first-order valence-corrected chi connectivity index (χ1v) is 12.3. The monoisotopic (exact) mass is 460 g/mol. The van der Waals surface area contributed by atoms with Crippen LogP contribution in [0.1, 0.15) is 36.2 Å². The first-order chi connectivity index (χ1) is 16.1. The highest BCUT2D eigenvalue weighted by Crippen LogP contribution is 2.25. The van der Waals surface area contributed by atoms with E-state index in [0.29, 0.717) is 37.6 Å². The molecule has 0 unspecified atom stereocenters. The van der Waals surface area contributed by atoms with Crippen molar-refractivity contribution in [3.63, 3.8) is 0 Å². The van der Waals surface area contributed by atoms with Crippen LogP contribution in [0.15, 0.2) is 58.7 Å². The van der Waals surface area contributed by atoms with Gasteiger partial charge in [-0.15, -0.1) is 11.3 Å². The lowest BCUT2D eigenvalue weighted by Crippen LogP contribution is -2.38. The molecule has 1 aliphatic heterocycles. The van der Waals surface area contributed by atoms with E-state index in [4.69, 9.17) is 14.7 Å². The first-order valence-electron chi connectivity index (χ1n) is 11.4. The van der Waals surface area contributed by atoms with Gasteiger partial charge in [-0.3, -0.25) is 14.3 Å². The van der Waals surface area contributed by atoms with Crippen LogP contribution in [0.5, 0.6) is 0 Å². The number of rotatable bonds is 6. The normalized spacial score (nSPS) is 14.9. The Morgan fingerprint density at radius 2 is 1.76 bits per heavy atom. The second kappa shape index (κ2) is 9.55.